The maximum Gasteiger partial charge on any atom is 0.303 e. The number of fused-ring (bicyclic) bond motifs is 4. The van der Waals surface area contributed by atoms with Gasteiger partial charge in [-0.05, 0) is 55.0 Å². The minimum absolute atomic E-state index is 0.496. The Morgan fingerprint density at radius 3 is 2.53 bits per heavy atom. The van der Waals surface area contributed by atoms with E-state index in [1.54, 1.807) is 12.4 Å². The molecule has 8 heteroatoms. The summed E-state index contributed by atoms with van der Waals surface area (Å²) in [5, 5.41) is 0. The number of aromatic nitrogens is 7. The number of benzene rings is 1. The summed E-state index contributed by atoms with van der Waals surface area (Å²) in [7, 11) is 1.89. The molecule has 0 saturated heterocycles. The van der Waals surface area contributed by atoms with E-state index < -0.39 is 0 Å². The summed E-state index contributed by atoms with van der Waals surface area (Å²) < 4.78 is 12.0. The van der Waals surface area contributed by atoms with E-state index in [1.165, 1.54) is 0 Å². The third kappa shape index (κ3) is 2.33. The highest BCUT2D eigenvalue weighted by Crippen LogP contribution is 2.28. The fourth-order valence-electron chi connectivity index (χ4n) is 3.83. The van der Waals surface area contributed by atoms with Gasteiger partial charge < -0.3 is 4.74 Å². The summed E-state index contributed by atoms with van der Waals surface area (Å²) >= 11 is 0. The monoisotopic (exact) mass is 395 g/mol. The molecule has 0 saturated carbocycles. The van der Waals surface area contributed by atoms with Gasteiger partial charge in [-0.15, -0.1) is 0 Å². The molecule has 5 heterocycles. The third-order valence-corrected chi connectivity index (χ3v) is 5.27. The second-order valence-electron chi connectivity index (χ2n) is 7.13. The smallest absolute Gasteiger partial charge is 0.303 e. The quantitative estimate of drug-likeness (QED) is 0.452. The number of pyridine rings is 2. The number of nitrogens with zero attached hydrogens (tertiary/aromatic N) is 7. The Morgan fingerprint density at radius 2 is 1.70 bits per heavy atom. The maximum atomic E-state index is 6.01. The zero-order valence-corrected chi connectivity index (χ0v) is 16.4. The van der Waals surface area contributed by atoms with Gasteiger partial charge in [-0.1, -0.05) is 0 Å². The van der Waals surface area contributed by atoms with Gasteiger partial charge in [0.1, 0.15) is 11.3 Å². The molecule has 5 aromatic heterocycles. The molecule has 6 rings (SSSR count). The van der Waals surface area contributed by atoms with Crippen LogP contribution in [0.1, 0.15) is 5.56 Å². The van der Waals surface area contributed by atoms with Crippen LogP contribution in [0, 0.1) is 6.92 Å². The van der Waals surface area contributed by atoms with E-state index in [1.807, 2.05) is 71.0 Å². The van der Waals surface area contributed by atoms with Crippen LogP contribution in [0.5, 0.6) is 11.8 Å². The lowest BCUT2D eigenvalue weighted by Crippen LogP contribution is -1.98. The van der Waals surface area contributed by atoms with E-state index in [0.717, 1.165) is 39.4 Å². The van der Waals surface area contributed by atoms with Crippen LogP contribution in [0.4, 0.5) is 0 Å². The van der Waals surface area contributed by atoms with Crippen molar-refractivity contribution in [3.63, 3.8) is 0 Å². The largest absolute Gasteiger partial charge is 0.425 e. The predicted octanol–water partition coefficient (Wildman–Crippen LogP) is 4.06. The van der Waals surface area contributed by atoms with Crippen molar-refractivity contribution in [1.82, 2.24) is 33.5 Å². The Bertz CT molecular complexity index is 1540. The van der Waals surface area contributed by atoms with Crippen LogP contribution in [-0.4, -0.2) is 33.5 Å². The second-order valence-corrected chi connectivity index (χ2v) is 7.13. The fraction of sp³-hybridized carbons (Fsp3) is 0.0909. The molecule has 0 spiro atoms. The third-order valence-electron chi connectivity index (χ3n) is 5.27. The lowest BCUT2D eigenvalue weighted by Gasteiger charge is -2.08. The maximum absolute atomic E-state index is 6.01. The van der Waals surface area contributed by atoms with E-state index in [2.05, 4.69) is 31.3 Å². The highest BCUT2D eigenvalue weighted by molar-refractivity contribution is 5.82. The van der Waals surface area contributed by atoms with E-state index in [0.29, 0.717) is 11.8 Å². The molecular weight excluding hydrogens is 378 g/mol. The summed E-state index contributed by atoms with van der Waals surface area (Å²) in [6.07, 6.45) is 7.33. The molecule has 0 aliphatic carbocycles. The Kier molecular flexibility index (Phi) is 3.43. The molecule has 0 aliphatic rings. The molecule has 0 atom stereocenters. The summed E-state index contributed by atoms with van der Waals surface area (Å²) in [4.78, 5) is 18.0. The van der Waals surface area contributed by atoms with Crippen LogP contribution in [-0.2, 0) is 7.05 Å². The summed E-state index contributed by atoms with van der Waals surface area (Å²) in [5.74, 6) is 1.51. The van der Waals surface area contributed by atoms with Gasteiger partial charge in [0.2, 0.25) is 5.78 Å². The first-order chi connectivity index (χ1) is 14.7. The van der Waals surface area contributed by atoms with Crippen LogP contribution < -0.4 is 4.74 Å². The molecule has 1 aromatic carbocycles. The summed E-state index contributed by atoms with van der Waals surface area (Å²) in [5.41, 5.74) is 5.61. The van der Waals surface area contributed by atoms with Crippen LogP contribution in [0.2, 0.25) is 0 Å². The number of aryl methyl sites for hydroxylation is 2. The van der Waals surface area contributed by atoms with Gasteiger partial charge in [0.05, 0.1) is 11.2 Å². The molecule has 0 amide bonds. The topological polar surface area (TPSA) is 75.1 Å². The molecule has 0 unspecified atom stereocenters. The van der Waals surface area contributed by atoms with Crippen molar-refractivity contribution >= 4 is 28.1 Å². The molecule has 0 bridgehead atoms. The van der Waals surface area contributed by atoms with Gasteiger partial charge in [-0.25, -0.2) is 15.0 Å². The number of hydrogen-bond acceptors (Lipinski definition) is 5. The summed E-state index contributed by atoms with van der Waals surface area (Å²) in [6.45, 7) is 2.08. The normalized spacial score (nSPS) is 11.7. The lowest BCUT2D eigenvalue weighted by molar-refractivity contribution is 0.427. The zero-order chi connectivity index (χ0) is 20.2. The van der Waals surface area contributed by atoms with E-state index in [-0.39, 0.29) is 0 Å². The number of rotatable bonds is 3. The first kappa shape index (κ1) is 16.7. The number of ether oxygens (including phenoxy) is 1. The number of imidazole rings is 3. The van der Waals surface area contributed by atoms with Crippen molar-refractivity contribution in [1.29, 1.82) is 0 Å². The molecule has 0 radical (unpaired) electrons. The summed E-state index contributed by atoms with van der Waals surface area (Å²) in [6, 6.07) is 14.1. The molecule has 30 heavy (non-hydrogen) atoms. The zero-order valence-electron chi connectivity index (χ0n) is 16.4. The van der Waals surface area contributed by atoms with Crippen LogP contribution >= 0.6 is 0 Å². The Hall–Kier alpha value is -4.20. The van der Waals surface area contributed by atoms with Crippen LogP contribution in [0.25, 0.3) is 33.8 Å². The molecular formula is C22H17N7O. The molecule has 0 fully saturated rings. The average Bonchev–Trinajstić information content (AvgIpc) is 3.43. The fourth-order valence-corrected chi connectivity index (χ4v) is 3.83. The van der Waals surface area contributed by atoms with Gasteiger partial charge in [0.25, 0.3) is 0 Å². The van der Waals surface area contributed by atoms with Gasteiger partial charge in [-0.2, -0.15) is 4.98 Å². The standard InChI is InChI=1S/C22H17N7O/c1-14-9-11-24-20-18(14)28-13-12-25-21(28)29(20)15-5-7-16(8-6-15)30-22-26-17-4-3-10-23-19(17)27(22)2/h3-13H,1-2H3. The van der Waals surface area contributed by atoms with Gasteiger partial charge >= 0.3 is 6.01 Å². The molecule has 146 valence electrons. The molecule has 8 nitrogen and oxygen atoms in total. The van der Waals surface area contributed by atoms with Crippen molar-refractivity contribution in [2.75, 3.05) is 0 Å². The Balaban J connectivity index is 1.42. The Labute approximate surface area is 171 Å². The van der Waals surface area contributed by atoms with Gasteiger partial charge in [-0.3, -0.25) is 13.5 Å². The van der Waals surface area contributed by atoms with E-state index >= 15 is 0 Å². The molecule has 6 aromatic rings. The van der Waals surface area contributed by atoms with Gasteiger partial charge in [0, 0.05) is 31.8 Å². The molecule has 0 aliphatic heterocycles. The van der Waals surface area contributed by atoms with Crippen molar-refractivity contribution in [3.8, 4) is 17.4 Å². The SMILES string of the molecule is Cc1ccnc2c1n1ccnc1n2-c1ccc(Oc2nc3cccnc3n2C)cc1. The highest BCUT2D eigenvalue weighted by atomic mass is 16.5. The van der Waals surface area contributed by atoms with Crippen LogP contribution in [0.3, 0.4) is 0 Å². The minimum Gasteiger partial charge on any atom is -0.425 e. The average molecular weight is 395 g/mol. The van der Waals surface area contributed by atoms with Crippen molar-refractivity contribution in [3.05, 3.63) is 72.8 Å². The first-order valence-corrected chi connectivity index (χ1v) is 9.55. The number of hydrogen-bond donors (Lipinski definition) is 0. The van der Waals surface area contributed by atoms with Crippen LogP contribution in [0.15, 0.2) is 67.3 Å². The van der Waals surface area contributed by atoms with E-state index in [9.17, 15) is 0 Å². The second kappa shape index (κ2) is 6.15. The predicted molar refractivity (Wildman–Crippen MR) is 113 cm³/mol. The lowest BCUT2D eigenvalue weighted by atomic mass is 10.2. The first-order valence-electron chi connectivity index (χ1n) is 9.55. The molecule has 0 N–H and O–H groups in total. The van der Waals surface area contributed by atoms with Gasteiger partial charge in [0.15, 0.2) is 11.3 Å². The minimum atomic E-state index is 0.496. The van der Waals surface area contributed by atoms with E-state index in [4.69, 9.17) is 4.74 Å². The van der Waals surface area contributed by atoms with Crippen molar-refractivity contribution in [2.24, 2.45) is 7.05 Å². The van der Waals surface area contributed by atoms with Crippen molar-refractivity contribution in [2.45, 2.75) is 6.92 Å². The highest BCUT2D eigenvalue weighted by Gasteiger charge is 2.16. The van der Waals surface area contributed by atoms with Crippen molar-refractivity contribution < 1.29 is 4.74 Å². The Morgan fingerprint density at radius 1 is 0.867 bits per heavy atom.